The number of halogens is 4. The van der Waals surface area contributed by atoms with Crippen molar-refractivity contribution in [1.29, 1.82) is 0 Å². The lowest BCUT2D eigenvalue weighted by Crippen LogP contribution is -2.45. The van der Waals surface area contributed by atoms with E-state index in [1.54, 1.807) is 24.3 Å². The molecule has 1 fully saturated rings. The molecule has 0 spiro atoms. The van der Waals surface area contributed by atoms with E-state index in [9.17, 15) is 30.8 Å². The molecule has 1 aromatic heterocycles. The molecule has 40 heavy (non-hydrogen) atoms. The van der Waals surface area contributed by atoms with E-state index in [-0.39, 0.29) is 30.4 Å². The fraction of sp³-hybridized carbons (Fsp3) is 0.250. The van der Waals surface area contributed by atoms with Crippen LogP contribution >= 0.6 is 0 Å². The van der Waals surface area contributed by atoms with Gasteiger partial charge in [-0.3, -0.25) is 4.79 Å². The van der Waals surface area contributed by atoms with Crippen molar-refractivity contribution in [2.24, 2.45) is 0 Å². The highest BCUT2D eigenvalue weighted by atomic mass is 32.2. The zero-order chi connectivity index (χ0) is 28.5. The maximum Gasteiger partial charge on any atom is 0.416 e. The number of ether oxygens (including phenoxy) is 1. The summed E-state index contributed by atoms with van der Waals surface area (Å²) in [7, 11) is -4.14. The summed E-state index contributed by atoms with van der Waals surface area (Å²) in [6.45, 7) is 0.293. The molecule has 1 saturated heterocycles. The lowest BCUT2D eigenvalue weighted by molar-refractivity contribution is -0.137. The number of fused-ring (bicyclic) bond motifs is 1. The van der Waals surface area contributed by atoms with Crippen LogP contribution in [-0.2, 0) is 34.1 Å². The molecule has 0 radical (unpaired) electrons. The van der Waals surface area contributed by atoms with E-state index in [2.05, 4.69) is 5.32 Å². The molecule has 4 aromatic rings. The Hall–Kier alpha value is -3.90. The van der Waals surface area contributed by atoms with Crippen LogP contribution in [0.5, 0.6) is 5.75 Å². The molecule has 0 bridgehead atoms. The van der Waals surface area contributed by atoms with Gasteiger partial charge < -0.3 is 14.5 Å². The third-order valence-electron chi connectivity index (χ3n) is 6.58. The van der Waals surface area contributed by atoms with Crippen molar-refractivity contribution in [2.75, 3.05) is 6.54 Å². The molecule has 1 unspecified atom stereocenters. The first-order valence-corrected chi connectivity index (χ1v) is 13.8. The number of alkyl halides is 3. The number of amides is 1. The van der Waals surface area contributed by atoms with Gasteiger partial charge in [-0.25, -0.2) is 12.8 Å². The Bertz CT molecular complexity index is 1630. The smallest absolute Gasteiger partial charge is 0.416 e. The minimum Gasteiger partial charge on any atom is -0.489 e. The van der Waals surface area contributed by atoms with Crippen molar-refractivity contribution in [3.05, 3.63) is 95.3 Å². The first kappa shape index (κ1) is 27.7. The van der Waals surface area contributed by atoms with Gasteiger partial charge in [0.2, 0.25) is 11.0 Å². The summed E-state index contributed by atoms with van der Waals surface area (Å²) in [4.78, 5) is 13.0. The highest BCUT2D eigenvalue weighted by Gasteiger charge is 2.41. The molecule has 1 aliphatic rings. The number of carbonyl (C=O) groups excluding carboxylic acids is 1. The largest absolute Gasteiger partial charge is 0.489 e. The predicted octanol–water partition coefficient (Wildman–Crippen LogP) is 5.64. The van der Waals surface area contributed by atoms with Gasteiger partial charge in [0.1, 0.15) is 29.8 Å². The summed E-state index contributed by atoms with van der Waals surface area (Å²) >= 11 is 0. The van der Waals surface area contributed by atoms with E-state index in [4.69, 9.17) is 9.15 Å². The first-order valence-electron chi connectivity index (χ1n) is 12.4. The Morgan fingerprint density at radius 3 is 2.55 bits per heavy atom. The number of hydrogen-bond donors (Lipinski definition) is 1. The normalized spacial score (nSPS) is 16.4. The molecule has 1 amide bonds. The maximum absolute atomic E-state index is 13.5. The molecule has 1 aliphatic heterocycles. The number of rotatable bonds is 8. The molecule has 1 atom stereocenters. The summed E-state index contributed by atoms with van der Waals surface area (Å²) in [5, 5.41) is 2.71. The van der Waals surface area contributed by atoms with Crippen LogP contribution in [0.3, 0.4) is 0 Å². The number of sulfonamides is 1. The molecule has 3 aromatic carbocycles. The lowest BCUT2D eigenvalue weighted by Gasteiger charge is -2.22. The van der Waals surface area contributed by atoms with Gasteiger partial charge in [0.15, 0.2) is 0 Å². The third-order valence-corrected chi connectivity index (χ3v) is 8.34. The minimum absolute atomic E-state index is 0.0529. The summed E-state index contributed by atoms with van der Waals surface area (Å²) in [6, 6.07) is 15.5. The van der Waals surface area contributed by atoms with Crippen LogP contribution in [0.4, 0.5) is 17.6 Å². The van der Waals surface area contributed by atoms with Crippen molar-refractivity contribution < 1.29 is 39.9 Å². The zero-order valence-corrected chi connectivity index (χ0v) is 21.8. The molecule has 5 rings (SSSR count). The predicted molar refractivity (Wildman–Crippen MR) is 137 cm³/mol. The van der Waals surface area contributed by atoms with Crippen molar-refractivity contribution >= 4 is 26.9 Å². The second kappa shape index (κ2) is 10.9. The average molecular weight is 577 g/mol. The van der Waals surface area contributed by atoms with Gasteiger partial charge >= 0.3 is 6.18 Å². The van der Waals surface area contributed by atoms with Crippen LogP contribution in [0.15, 0.2) is 82.3 Å². The van der Waals surface area contributed by atoms with Crippen LogP contribution in [0.1, 0.15) is 29.5 Å². The molecule has 7 nitrogen and oxygen atoms in total. The Morgan fingerprint density at radius 1 is 1.02 bits per heavy atom. The Morgan fingerprint density at radius 2 is 1.80 bits per heavy atom. The van der Waals surface area contributed by atoms with Gasteiger partial charge in [-0.2, -0.15) is 17.5 Å². The van der Waals surface area contributed by atoms with Gasteiger partial charge in [0.05, 0.1) is 5.56 Å². The number of nitrogens with zero attached hydrogens (tertiary/aromatic N) is 1. The van der Waals surface area contributed by atoms with Crippen molar-refractivity contribution in [2.45, 2.75) is 43.3 Å². The summed E-state index contributed by atoms with van der Waals surface area (Å²) < 4.78 is 90.5. The van der Waals surface area contributed by atoms with E-state index >= 15 is 0 Å². The Balaban J connectivity index is 1.20. The van der Waals surface area contributed by atoms with Crippen LogP contribution in [0, 0.1) is 5.82 Å². The molecule has 210 valence electrons. The Kier molecular flexibility index (Phi) is 7.56. The fourth-order valence-corrected chi connectivity index (χ4v) is 6.14. The highest BCUT2D eigenvalue weighted by Crippen LogP contribution is 2.31. The number of furan rings is 1. The van der Waals surface area contributed by atoms with Crippen molar-refractivity contribution in [3.63, 3.8) is 0 Å². The molecular weight excluding hydrogens is 552 g/mol. The standard InChI is InChI=1S/C28H24F4N2O5S/c29-22-10-11-25-20(14-22)15-26(39-25)40(36,37)34-12-2-5-24(34)27(35)33-16-19-3-1-4-23(13-19)38-17-18-6-8-21(9-7-18)28(30,31)32/h1,3-4,6-11,13-15,24H,2,5,12,16-17H2,(H,33,35). The zero-order valence-electron chi connectivity index (χ0n) is 20.9. The number of hydrogen-bond acceptors (Lipinski definition) is 5. The second-order valence-corrected chi connectivity index (χ2v) is 11.2. The monoisotopic (exact) mass is 576 g/mol. The summed E-state index contributed by atoms with van der Waals surface area (Å²) in [6.07, 6.45) is -3.60. The van der Waals surface area contributed by atoms with Gasteiger partial charge in [-0.1, -0.05) is 24.3 Å². The van der Waals surface area contributed by atoms with Gasteiger partial charge in [0, 0.05) is 24.5 Å². The number of nitrogens with one attached hydrogen (secondary N) is 1. The van der Waals surface area contributed by atoms with E-state index in [1.165, 1.54) is 36.4 Å². The Labute approximate surface area is 227 Å². The summed E-state index contributed by atoms with van der Waals surface area (Å²) in [5.74, 6) is -0.540. The van der Waals surface area contributed by atoms with Gasteiger partial charge in [-0.15, -0.1) is 0 Å². The first-order chi connectivity index (χ1) is 19.0. The van der Waals surface area contributed by atoms with Crippen LogP contribution in [-0.4, -0.2) is 31.2 Å². The van der Waals surface area contributed by atoms with Gasteiger partial charge in [0.25, 0.3) is 10.0 Å². The van der Waals surface area contributed by atoms with E-state index in [0.717, 1.165) is 16.4 Å². The molecule has 0 saturated carbocycles. The maximum atomic E-state index is 13.5. The van der Waals surface area contributed by atoms with Crippen molar-refractivity contribution in [1.82, 2.24) is 9.62 Å². The molecule has 0 aliphatic carbocycles. The van der Waals surface area contributed by atoms with Gasteiger partial charge in [-0.05, 0) is 66.4 Å². The quantitative estimate of drug-likeness (QED) is 0.275. The molecular formula is C28H24F4N2O5S. The van der Waals surface area contributed by atoms with Crippen molar-refractivity contribution in [3.8, 4) is 5.75 Å². The lowest BCUT2D eigenvalue weighted by atomic mass is 10.1. The summed E-state index contributed by atoms with van der Waals surface area (Å²) in [5.41, 5.74) is 0.727. The van der Waals surface area contributed by atoms with E-state index in [0.29, 0.717) is 35.1 Å². The number of carbonyl (C=O) groups is 1. The topological polar surface area (TPSA) is 88.9 Å². The third kappa shape index (κ3) is 5.97. The average Bonchev–Trinajstić information content (AvgIpc) is 3.59. The fourth-order valence-electron chi connectivity index (χ4n) is 4.53. The van der Waals surface area contributed by atoms with E-state index in [1.807, 2.05) is 0 Å². The van der Waals surface area contributed by atoms with E-state index < -0.39 is 39.5 Å². The second-order valence-electron chi connectivity index (χ2n) is 9.37. The SMILES string of the molecule is O=C(NCc1cccc(OCc2ccc(C(F)(F)F)cc2)c1)C1CCCN1S(=O)(=O)c1cc2cc(F)ccc2o1. The van der Waals surface area contributed by atoms with Crippen LogP contribution < -0.4 is 10.1 Å². The molecule has 12 heteroatoms. The molecule has 2 heterocycles. The minimum atomic E-state index is -4.41. The van der Waals surface area contributed by atoms with Crippen LogP contribution in [0.25, 0.3) is 11.0 Å². The molecule has 1 N–H and O–H groups in total. The highest BCUT2D eigenvalue weighted by molar-refractivity contribution is 7.89. The van der Waals surface area contributed by atoms with Crippen LogP contribution in [0.2, 0.25) is 0 Å². The number of benzene rings is 3.